The topological polar surface area (TPSA) is 49.8 Å². The fourth-order valence-corrected chi connectivity index (χ4v) is 3.88. The van der Waals surface area contributed by atoms with Gasteiger partial charge in [-0.3, -0.25) is 4.79 Å². The van der Waals surface area contributed by atoms with Crippen LogP contribution in [-0.4, -0.2) is 27.7 Å². The van der Waals surface area contributed by atoms with Crippen molar-refractivity contribution in [2.24, 2.45) is 0 Å². The summed E-state index contributed by atoms with van der Waals surface area (Å²) in [7, 11) is 0. The minimum absolute atomic E-state index is 0.0923. The SMILES string of the molecule is O=C1C[C@H](OCc2ccccc2)[C@@](O)(Cc2ccccc2)N1Cc1ccccc1. The molecular formula is C25H25NO3. The molecule has 1 fully saturated rings. The predicted octanol–water partition coefficient (Wildman–Crippen LogP) is 3.94. The van der Waals surface area contributed by atoms with Crippen LogP contribution in [-0.2, 0) is 29.1 Å². The second kappa shape index (κ2) is 8.60. The number of rotatable bonds is 7. The fourth-order valence-electron chi connectivity index (χ4n) is 3.88. The molecule has 1 saturated heterocycles. The zero-order valence-electron chi connectivity index (χ0n) is 16.3. The first-order chi connectivity index (χ1) is 14.1. The van der Waals surface area contributed by atoms with Crippen molar-refractivity contribution in [3.8, 4) is 0 Å². The van der Waals surface area contributed by atoms with E-state index in [4.69, 9.17) is 4.74 Å². The largest absolute Gasteiger partial charge is 0.368 e. The van der Waals surface area contributed by atoms with Crippen LogP contribution in [0.2, 0.25) is 0 Å². The zero-order valence-corrected chi connectivity index (χ0v) is 16.3. The van der Waals surface area contributed by atoms with Crippen molar-refractivity contribution < 1.29 is 14.6 Å². The summed E-state index contributed by atoms with van der Waals surface area (Å²) in [6.07, 6.45) is -0.103. The van der Waals surface area contributed by atoms with E-state index in [0.717, 1.165) is 16.7 Å². The fraction of sp³-hybridized carbons (Fsp3) is 0.240. The van der Waals surface area contributed by atoms with Gasteiger partial charge in [-0.05, 0) is 16.7 Å². The first kappa shape index (κ1) is 19.4. The summed E-state index contributed by atoms with van der Waals surface area (Å²) >= 11 is 0. The summed E-state index contributed by atoms with van der Waals surface area (Å²) in [4.78, 5) is 14.5. The molecule has 29 heavy (non-hydrogen) atoms. The number of carbonyl (C=O) groups is 1. The van der Waals surface area contributed by atoms with Gasteiger partial charge in [-0.1, -0.05) is 91.0 Å². The summed E-state index contributed by atoms with van der Waals surface area (Å²) in [5.41, 5.74) is 1.57. The molecule has 0 aromatic heterocycles. The molecule has 3 aromatic rings. The van der Waals surface area contributed by atoms with Gasteiger partial charge in [-0.15, -0.1) is 0 Å². The van der Waals surface area contributed by atoms with Gasteiger partial charge in [0.25, 0.3) is 0 Å². The molecule has 0 spiro atoms. The number of carbonyl (C=O) groups excluding carboxylic acids is 1. The Morgan fingerprint density at radius 3 is 1.93 bits per heavy atom. The highest BCUT2D eigenvalue weighted by Crippen LogP contribution is 2.35. The Labute approximate surface area is 171 Å². The number of nitrogens with zero attached hydrogens (tertiary/aromatic N) is 1. The maximum atomic E-state index is 12.9. The third-order valence-electron chi connectivity index (χ3n) is 5.43. The number of aliphatic hydroxyl groups is 1. The normalized spacial score (nSPS) is 21.5. The third-order valence-corrected chi connectivity index (χ3v) is 5.43. The molecule has 1 N–H and O–H groups in total. The highest BCUT2D eigenvalue weighted by Gasteiger charge is 2.52. The van der Waals surface area contributed by atoms with Crippen LogP contribution < -0.4 is 0 Å². The number of hydrogen-bond acceptors (Lipinski definition) is 3. The third kappa shape index (κ3) is 4.39. The van der Waals surface area contributed by atoms with Crippen LogP contribution in [0.5, 0.6) is 0 Å². The first-order valence-corrected chi connectivity index (χ1v) is 9.91. The molecule has 2 atom stereocenters. The van der Waals surface area contributed by atoms with Crippen molar-refractivity contribution >= 4 is 5.91 Å². The molecule has 4 nitrogen and oxygen atoms in total. The molecule has 148 valence electrons. The van der Waals surface area contributed by atoms with Crippen LogP contribution in [0.4, 0.5) is 0 Å². The standard InChI is InChI=1S/C25H25NO3/c27-24-16-23(29-19-22-14-8-3-9-15-22)25(28,17-20-10-4-1-5-11-20)26(24)18-21-12-6-2-7-13-21/h1-15,23,28H,16-19H2/t23-,25-/m0/s1. The van der Waals surface area contributed by atoms with E-state index < -0.39 is 11.8 Å². The maximum Gasteiger partial charge on any atom is 0.228 e. The summed E-state index contributed by atoms with van der Waals surface area (Å²) < 4.78 is 6.10. The first-order valence-electron chi connectivity index (χ1n) is 9.91. The molecular weight excluding hydrogens is 362 g/mol. The molecule has 0 bridgehead atoms. The molecule has 1 aliphatic rings. The number of likely N-dealkylation sites (tertiary alicyclic amines) is 1. The molecule has 1 aliphatic heterocycles. The highest BCUT2D eigenvalue weighted by atomic mass is 16.5. The van der Waals surface area contributed by atoms with Crippen molar-refractivity contribution in [2.45, 2.75) is 37.8 Å². The van der Waals surface area contributed by atoms with Crippen molar-refractivity contribution in [3.63, 3.8) is 0 Å². The summed E-state index contributed by atoms with van der Waals surface area (Å²) in [6.45, 7) is 0.712. The molecule has 0 radical (unpaired) electrons. The highest BCUT2D eigenvalue weighted by molar-refractivity contribution is 5.80. The van der Waals surface area contributed by atoms with Crippen LogP contribution >= 0.6 is 0 Å². The molecule has 0 aliphatic carbocycles. The lowest BCUT2D eigenvalue weighted by Crippen LogP contribution is -2.53. The van der Waals surface area contributed by atoms with E-state index in [2.05, 4.69) is 0 Å². The minimum Gasteiger partial charge on any atom is -0.368 e. The van der Waals surface area contributed by atoms with Gasteiger partial charge in [0.05, 0.1) is 13.0 Å². The summed E-state index contributed by atoms with van der Waals surface area (Å²) in [5, 5.41) is 11.8. The average Bonchev–Trinajstić information content (AvgIpc) is 2.98. The van der Waals surface area contributed by atoms with Gasteiger partial charge >= 0.3 is 0 Å². The van der Waals surface area contributed by atoms with Gasteiger partial charge in [0, 0.05) is 13.0 Å². The van der Waals surface area contributed by atoms with Crippen LogP contribution in [0.1, 0.15) is 23.1 Å². The van der Waals surface area contributed by atoms with Gasteiger partial charge in [0.1, 0.15) is 6.10 Å². The van der Waals surface area contributed by atoms with Crippen molar-refractivity contribution in [2.75, 3.05) is 0 Å². The van der Waals surface area contributed by atoms with Gasteiger partial charge in [-0.25, -0.2) is 0 Å². The van der Waals surface area contributed by atoms with Crippen molar-refractivity contribution in [1.29, 1.82) is 0 Å². The molecule has 0 saturated carbocycles. The van der Waals surface area contributed by atoms with E-state index >= 15 is 0 Å². The lowest BCUT2D eigenvalue weighted by molar-refractivity contribution is -0.173. The van der Waals surface area contributed by atoms with E-state index in [1.165, 1.54) is 0 Å². The van der Waals surface area contributed by atoms with Gasteiger partial charge in [-0.2, -0.15) is 0 Å². The van der Waals surface area contributed by atoms with Crippen LogP contribution in [0, 0.1) is 0 Å². The Kier molecular flexibility index (Phi) is 5.74. The monoisotopic (exact) mass is 387 g/mol. The van der Waals surface area contributed by atoms with E-state index in [9.17, 15) is 9.90 Å². The minimum atomic E-state index is -1.40. The lowest BCUT2D eigenvalue weighted by Gasteiger charge is -2.37. The Hall–Kier alpha value is -2.95. The molecule has 1 heterocycles. The Morgan fingerprint density at radius 2 is 1.34 bits per heavy atom. The smallest absolute Gasteiger partial charge is 0.228 e. The number of hydrogen-bond donors (Lipinski definition) is 1. The number of ether oxygens (including phenoxy) is 1. The maximum absolute atomic E-state index is 12.9. The summed E-state index contributed by atoms with van der Waals surface area (Å²) in [5.74, 6) is -0.0923. The second-order valence-corrected chi connectivity index (χ2v) is 7.50. The number of amides is 1. The van der Waals surface area contributed by atoms with E-state index in [-0.39, 0.29) is 12.3 Å². The van der Waals surface area contributed by atoms with E-state index in [1.807, 2.05) is 91.0 Å². The molecule has 1 amide bonds. The Morgan fingerprint density at radius 1 is 0.828 bits per heavy atom. The summed E-state index contributed by atoms with van der Waals surface area (Å²) in [6, 6.07) is 29.3. The van der Waals surface area contributed by atoms with Crippen LogP contribution in [0.25, 0.3) is 0 Å². The quantitative estimate of drug-likeness (QED) is 0.668. The predicted molar refractivity (Wildman–Crippen MR) is 112 cm³/mol. The Balaban J connectivity index is 1.59. The second-order valence-electron chi connectivity index (χ2n) is 7.50. The van der Waals surface area contributed by atoms with Gasteiger partial charge in [0.15, 0.2) is 5.72 Å². The lowest BCUT2D eigenvalue weighted by atomic mass is 9.97. The van der Waals surface area contributed by atoms with Gasteiger partial charge in [0.2, 0.25) is 5.91 Å². The van der Waals surface area contributed by atoms with Crippen LogP contribution in [0.15, 0.2) is 91.0 Å². The molecule has 4 rings (SSSR count). The molecule has 0 unspecified atom stereocenters. The number of benzene rings is 3. The Bertz CT molecular complexity index is 930. The zero-order chi connectivity index (χ0) is 20.1. The molecule has 4 heteroatoms. The van der Waals surface area contributed by atoms with E-state index in [0.29, 0.717) is 19.6 Å². The van der Waals surface area contributed by atoms with Gasteiger partial charge < -0.3 is 14.7 Å². The van der Waals surface area contributed by atoms with Crippen molar-refractivity contribution in [1.82, 2.24) is 4.90 Å². The van der Waals surface area contributed by atoms with Crippen molar-refractivity contribution in [3.05, 3.63) is 108 Å². The van der Waals surface area contributed by atoms with Crippen LogP contribution in [0.3, 0.4) is 0 Å². The average molecular weight is 387 g/mol. The van der Waals surface area contributed by atoms with E-state index in [1.54, 1.807) is 4.90 Å². The molecule has 3 aromatic carbocycles.